The zero-order chi connectivity index (χ0) is 14.5. The monoisotopic (exact) mass is 270 g/mol. The first-order chi connectivity index (χ1) is 8.83. The second kappa shape index (κ2) is 6.30. The maximum atomic E-state index is 10.8. The second-order valence-corrected chi connectivity index (χ2v) is 4.73. The van der Waals surface area contributed by atoms with Crippen molar-refractivity contribution < 1.29 is 14.4 Å². The maximum absolute atomic E-state index is 10.8. The number of hydrogen-bond donors (Lipinski definition) is 2. The van der Waals surface area contributed by atoms with Crippen LogP contribution in [0.25, 0.3) is 0 Å². The van der Waals surface area contributed by atoms with Crippen LogP contribution in [0.5, 0.6) is 5.88 Å². The normalized spacial score (nSPS) is 11.2. The van der Waals surface area contributed by atoms with Crippen LogP contribution in [0.15, 0.2) is 12.1 Å². The van der Waals surface area contributed by atoms with Gasteiger partial charge < -0.3 is 14.9 Å². The summed E-state index contributed by atoms with van der Waals surface area (Å²) in [5, 5.41) is 10.8. The third-order valence-corrected chi connectivity index (χ3v) is 2.04. The fourth-order valence-electron chi connectivity index (χ4n) is 1.24. The van der Waals surface area contributed by atoms with Gasteiger partial charge in [-0.15, -0.1) is 0 Å². The van der Waals surface area contributed by atoms with Crippen LogP contribution < -0.4 is 16.0 Å². The van der Waals surface area contributed by atoms with E-state index in [0.29, 0.717) is 6.61 Å². The number of hydrogen-bond acceptors (Lipinski definition) is 7. The first-order valence-corrected chi connectivity index (χ1v) is 5.72. The van der Waals surface area contributed by atoms with Crippen molar-refractivity contribution in [3.63, 3.8) is 0 Å². The van der Waals surface area contributed by atoms with Crippen molar-refractivity contribution in [2.24, 2.45) is 5.84 Å². The molecule has 0 spiro atoms. The lowest BCUT2D eigenvalue weighted by molar-refractivity contribution is -0.386. The predicted molar refractivity (Wildman–Crippen MR) is 69.9 cm³/mol. The smallest absolute Gasteiger partial charge is 0.331 e. The minimum Gasteiger partial charge on any atom is -0.470 e. The molecule has 3 N–H and O–H groups in total. The fourth-order valence-corrected chi connectivity index (χ4v) is 1.24. The standard InChI is InChI=1S/C11H18N4O4/c1-11(2,3)19-7-6-18-10-8(15(16)17)4-5-9(13-10)14-12/h4-5H,6-7,12H2,1-3H3,(H,13,14). The molecule has 0 saturated heterocycles. The van der Waals surface area contributed by atoms with Gasteiger partial charge in [0.25, 0.3) is 5.88 Å². The molecule has 19 heavy (non-hydrogen) atoms. The Bertz CT molecular complexity index is 445. The molecule has 0 unspecified atom stereocenters. The first kappa shape index (κ1) is 15.1. The zero-order valence-corrected chi connectivity index (χ0v) is 11.2. The van der Waals surface area contributed by atoms with Crippen LogP contribution in [0.2, 0.25) is 0 Å². The van der Waals surface area contributed by atoms with Crippen molar-refractivity contribution in [1.82, 2.24) is 4.98 Å². The van der Waals surface area contributed by atoms with Crippen molar-refractivity contribution in [2.75, 3.05) is 18.6 Å². The minimum absolute atomic E-state index is 0.0852. The van der Waals surface area contributed by atoms with Gasteiger partial charge in [-0.1, -0.05) is 0 Å². The molecule has 106 valence electrons. The Morgan fingerprint density at radius 1 is 1.42 bits per heavy atom. The van der Waals surface area contributed by atoms with Crippen LogP contribution in [-0.2, 0) is 4.74 Å². The van der Waals surface area contributed by atoms with Gasteiger partial charge in [0.2, 0.25) is 0 Å². The van der Waals surface area contributed by atoms with Gasteiger partial charge >= 0.3 is 5.69 Å². The topological polar surface area (TPSA) is 113 Å². The van der Waals surface area contributed by atoms with Crippen molar-refractivity contribution in [1.29, 1.82) is 0 Å². The van der Waals surface area contributed by atoms with Gasteiger partial charge in [0.05, 0.1) is 17.1 Å². The Labute approximate surface area is 111 Å². The average Bonchev–Trinajstić information content (AvgIpc) is 2.33. The summed E-state index contributed by atoms with van der Waals surface area (Å²) in [5.41, 5.74) is 1.80. The van der Waals surface area contributed by atoms with E-state index in [9.17, 15) is 10.1 Å². The van der Waals surface area contributed by atoms with E-state index in [0.717, 1.165) is 0 Å². The van der Waals surface area contributed by atoms with Gasteiger partial charge in [-0.05, 0) is 26.8 Å². The largest absolute Gasteiger partial charge is 0.470 e. The molecular formula is C11H18N4O4. The highest BCUT2D eigenvalue weighted by molar-refractivity contribution is 5.48. The molecular weight excluding hydrogens is 252 g/mol. The maximum Gasteiger partial charge on any atom is 0.331 e. The van der Waals surface area contributed by atoms with Gasteiger partial charge in [0, 0.05) is 6.07 Å². The summed E-state index contributed by atoms with van der Waals surface area (Å²) in [6.07, 6.45) is 0. The first-order valence-electron chi connectivity index (χ1n) is 5.72. The number of nitrogen functional groups attached to an aromatic ring is 1. The third-order valence-electron chi connectivity index (χ3n) is 2.04. The number of nitrogens with one attached hydrogen (secondary N) is 1. The molecule has 8 nitrogen and oxygen atoms in total. The predicted octanol–water partition coefficient (Wildman–Crippen LogP) is 1.47. The van der Waals surface area contributed by atoms with Crippen LogP contribution >= 0.6 is 0 Å². The number of pyridine rings is 1. The highest BCUT2D eigenvalue weighted by atomic mass is 16.6. The number of ether oxygens (including phenoxy) is 2. The highest BCUT2D eigenvalue weighted by Gasteiger charge is 2.18. The highest BCUT2D eigenvalue weighted by Crippen LogP contribution is 2.25. The van der Waals surface area contributed by atoms with E-state index in [2.05, 4.69) is 10.4 Å². The second-order valence-electron chi connectivity index (χ2n) is 4.73. The molecule has 0 bridgehead atoms. The number of anilines is 1. The lowest BCUT2D eigenvalue weighted by atomic mass is 10.2. The Balaban J connectivity index is 2.67. The minimum atomic E-state index is -0.562. The molecule has 0 fully saturated rings. The summed E-state index contributed by atoms with van der Waals surface area (Å²) in [6, 6.07) is 2.68. The van der Waals surface area contributed by atoms with Crippen LogP contribution in [0.1, 0.15) is 20.8 Å². The van der Waals surface area contributed by atoms with Crippen molar-refractivity contribution in [2.45, 2.75) is 26.4 Å². The number of nitrogens with two attached hydrogens (primary N) is 1. The molecule has 1 heterocycles. The van der Waals surface area contributed by atoms with Crippen molar-refractivity contribution in [3.05, 3.63) is 22.2 Å². The molecule has 0 radical (unpaired) electrons. The summed E-state index contributed by atoms with van der Waals surface area (Å²) in [4.78, 5) is 14.1. The van der Waals surface area contributed by atoms with E-state index < -0.39 is 4.92 Å². The van der Waals surface area contributed by atoms with Gasteiger partial charge in [0.1, 0.15) is 12.4 Å². The lowest BCUT2D eigenvalue weighted by Crippen LogP contribution is -2.22. The van der Waals surface area contributed by atoms with Gasteiger partial charge in [-0.2, -0.15) is 4.98 Å². The van der Waals surface area contributed by atoms with Gasteiger partial charge in [0.15, 0.2) is 0 Å². The summed E-state index contributed by atoms with van der Waals surface area (Å²) in [7, 11) is 0. The van der Waals surface area contributed by atoms with E-state index in [4.69, 9.17) is 15.3 Å². The molecule has 0 amide bonds. The SMILES string of the molecule is CC(C)(C)OCCOc1nc(NN)ccc1[N+](=O)[O-]. The number of hydrazine groups is 1. The van der Waals surface area contributed by atoms with Crippen LogP contribution in [0, 0.1) is 10.1 Å². The van der Waals surface area contributed by atoms with E-state index in [1.165, 1.54) is 12.1 Å². The van der Waals surface area contributed by atoms with Crippen molar-refractivity contribution >= 4 is 11.5 Å². The van der Waals surface area contributed by atoms with E-state index in [1.807, 2.05) is 20.8 Å². The molecule has 8 heteroatoms. The van der Waals surface area contributed by atoms with E-state index >= 15 is 0 Å². The molecule has 1 aromatic rings. The number of nitrogens with zero attached hydrogens (tertiary/aromatic N) is 2. The van der Waals surface area contributed by atoms with Crippen LogP contribution in [0.4, 0.5) is 11.5 Å². The summed E-state index contributed by atoms with van der Waals surface area (Å²) in [5.74, 6) is 5.40. The van der Waals surface area contributed by atoms with Crippen molar-refractivity contribution in [3.8, 4) is 5.88 Å². The summed E-state index contributed by atoms with van der Waals surface area (Å²) in [6.45, 7) is 6.20. The molecule has 1 rings (SSSR count). The van der Waals surface area contributed by atoms with Gasteiger partial charge in [-0.3, -0.25) is 10.1 Å². The molecule has 0 aliphatic heterocycles. The van der Waals surface area contributed by atoms with Gasteiger partial charge in [-0.25, -0.2) is 5.84 Å². The molecule has 0 aliphatic rings. The van der Waals surface area contributed by atoms with Crippen LogP contribution in [0.3, 0.4) is 0 Å². The number of rotatable bonds is 6. The Hall–Kier alpha value is -1.93. The zero-order valence-electron chi connectivity index (χ0n) is 11.2. The Kier molecular flexibility index (Phi) is 5.02. The van der Waals surface area contributed by atoms with Crippen LogP contribution in [-0.4, -0.2) is 28.7 Å². The quantitative estimate of drug-likeness (QED) is 0.348. The molecule has 0 aliphatic carbocycles. The van der Waals surface area contributed by atoms with E-state index in [-0.39, 0.29) is 29.6 Å². The molecule has 0 saturated carbocycles. The average molecular weight is 270 g/mol. The number of nitro groups is 1. The fraction of sp³-hybridized carbons (Fsp3) is 0.545. The summed E-state index contributed by atoms with van der Waals surface area (Å²) < 4.78 is 10.7. The molecule has 0 atom stereocenters. The number of aromatic nitrogens is 1. The lowest BCUT2D eigenvalue weighted by Gasteiger charge is -2.19. The molecule has 1 aromatic heterocycles. The summed E-state index contributed by atoms with van der Waals surface area (Å²) >= 11 is 0. The third kappa shape index (κ3) is 5.06. The van der Waals surface area contributed by atoms with E-state index in [1.54, 1.807) is 0 Å². The Morgan fingerprint density at radius 2 is 2.11 bits per heavy atom. The molecule has 0 aromatic carbocycles. The Morgan fingerprint density at radius 3 is 2.63 bits per heavy atom.